The van der Waals surface area contributed by atoms with Crippen molar-refractivity contribution in [1.29, 1.82) is 0 Å². The lowest BCUT2D eigenvalue weighted by Crippen LogP contribution is -2.45. The van der Waals surface area contributed by atoms with Crippen molar-refractivity contribution >= 4 is 5.91 Å². The Hall–Kier alpha value is -1.65. The van der Waals surface area contributed by atoms with E-state index in [9.17, 15) is 15.0 Å². The van der Waals surface area contributed by atoms with Gasteiger partial charge in [-0.25, -0.2) is 0 Å². The highest BCUT2D eigenvalue weighted by molar-refractivity contribution is 5.76. The topological polar surface area (TPSA) is 69.6 Å². The van der Waals surface area contributed by atoms with E-state index in [1.165, 1.54) is 193 Å². The van der Waals surface area contributed by atoms with Gasteiger partial charge in [-0.15, -0.1) is 0 Å². The maximum Gasteiger partial charge on any atom is 0.220 e. The molecule has 3 N–H and O–H groups in total. The zero-order valence-electron chi connectivity index (χ0n) is 36.9. The molecular weight excluding hydrogens is 675 g/mol. The molecule has 0 fully saturated rings. The van der Waals surface area contributed by atoms with Gasteiger partial charge in [-0.2, -0.15) is 0 Å². The Morgan fingerprint density at radius 2 is 0.709 bits per heavy atom. The molecule has 4 nitrogen and oxygen atoms in total. The molecule has 322 valence electrons. The van der Waals surface area contributed by atoms with Gasteiger partial charge in [0.05, 0.1) is 18.8 Å². The molecule has 0 saturated carbocycles. The van der Waals surface area contributed by atoms with Gasteiger partial charge >= 0.3 is 0 Å². The van der Waals surface area contributed by atoms with Crippen LogP contribution in [-0.2, 0) is 4.79 Å². The summed E-state index contributed by atoms with van der Waals surface area (Å²) in [6.45, 7) is 4.29. The number of carbonyl (C=O) groups is 1. The maximum absolute atomic E-state index is 12.4. The third-order valence-electron chi connectivity index (χ3n) is 11.0. The van der Waals surface area contributed by atoms with E-state index in [1.54, 1.807) is 6.08 Å². The van der Waals surface area contributed by atoms with Gasteiger partial charge in [-0.3, -0.25) is 4.79 Å². The highest BCUT2D eigenvalue weighted by Gasteiger charge is 2.17. The molecule has 0 aromatic rings. The van der Waals surface area contributed by atoms with Gasteiger partial charge in [0, 0.05) is 6.42 Å². The van der Waals surface area contributed by atoms with Crippen LogP contribution in [0.5, 0.6) is 0 Å². The first-order chi connectivity index (χ1) is 27.2. The van der Waals surface area contributed by atoms with Crippen LogP contribution in [0.2, 0.25) is 0 Å². The van der Waals surface area contributed by atoms with E-state index in [0.717, 1.165) is 38.5 Å². The molecule has 2 unspecified atom stereocenters. The Balaban J connectivity index is 3.55. The van der Waals surface area contributed by atoms with Crippen molar-refractivity contribution in [3.63, 3.8) is 0 Å². The quantitative estimate of drug-likeness (QED) is 0.0427. The molecule has 0 aliphatic carbocycles. The van der Waals surface area contributed by atoms with Crippen LogP contribution in [-0.4, -0.2) is 34.9 Å². The molecule has 0 radical (unpaired) electrons. The highest BCUT2D eigenvalue weighted by atomic mass is 16.3. The van der Waals surface area contributed by atoms with Gasteiger partial charge in [-0.1, -0.05) is 223 Å². The normalized spacial score (nSPS) is 13.3. The molecule has 0 heterocycles. The number of allylic oxidation sites excluding steroid dienone is 7. The van der Waals surface area contributed by atoms with Crippen molar-refractivity contribution in [2.24, 2.45) is 0 Å². The molecule has 0 saturated heterocycles. The zero-order valence-corrected chi connectivity index (χ0v) is 36.9. The number of unbranched alkanes of at least 4 members (excludes halogenated alkanes) is 31. The van der Waals surface area contributed by atoms with Crippen LogP contribution in [0, 0.1) is 0 Å². The second-order valence-electron chi connectivity index (χ2n) is 16.5. The van der Waals surface area contributed by atoms with Gasteiger partial charge < -0.3 is 15.5 Å². The predicted molar refractivity (Wildman–Crippen MR) is 244 cm³/mol. The predicted octanol–water partition coefficient (Wildman–Crippen LogP) is 15.5. The molecule has 0 bridgehead atoms. The molecule has 0 aliphatic rings. The van der Waals surface area contributed by atoms with Crippen LogP contribution in [0.4, 0.5) is 0 Å². The fraction of sp³-hybridized carbons (Fsp3) is 0.824. The Morgan fingerprint density at radius 3 is 1.05 bits per heavy atom. The number of aliphatic hydroxyl groups is 2. The first-order valence-corrected chi connectivity index (χ1v) is 24.4. The van der Waals surface area contributed by atoms with Gasteiger partial charge in [0.15, 0.2) is 0 Å². The number of hydrogen-bond donors (Lipinski definition) is 3. The van der Waals surface area contributed by atoms with E-state index < -0.39 is 12.1 Å². The van der Waals surface area contributed by atoms with Gasteiger partial charge in [-0.05, 0) is 70.6 Å². The molecular formula is C51H95NO3. The standard InChI is InChI=1S/C51H95NO3/c1-3-5-7-9-11-13-15-17-19-21-22-23-24-25-26-27-28-29-30-31-33-35-37-39-41-43-45-47-51(55)52-49(48-53)50(54)46-44-42-40-38-36-34-32-20-18-16-14-12-10-8-6-4-2/h18,20,25-26,36,38,44,46,49-50,53-54H,3-17,19,21-24,27-35,37,39-43,45,47-48H2,1-2H3,(H,52,55)/b20-18+,26-25-,38-36+,46-44+. The summed E-state index contributed by atoms with van der Waals surface area (Å²) < 4.78 is 0. The van der Waals surface area contributed by atoms with Crippen LogP contribution in [0.1, 0.15) is 251 Å². The van der Waals surface area contributed by atoms with Crippen LogP contribution >= 0.6 is 0 Å². The Labute approximate surface area is 344 Å². The minimum Gasteiger partial charge on any atom is -0.394 e. The van der Waals surface area contributed by atoms with Gasteiger partial charge in [0.1, 0.15) is 0 Å². The molecule has 0 aliphatic heterocycles. The summed E-state index contributed by atoms with van der Waals surface area (Å²) in [4.78, 5) is 12.4. The van der Waals surface area contributed by atoms with Crippen molar-refractivity contribution in [3.8, 4) is 0 Å². The fourth-order valence-corrected chi connectivity index (χ4v) is 7.26. The summed E-state index contributed by atoms with van der Waals surface area (Å²) in [5.41, 5.74) is 0. The van der Waals surface area contributed by atoms with E-state index in [-0.39, 0.29) is 12.5 Å². The summed E-state index contributed by atoms with van der Waals surface area (Å²) in [5.74, 6) is -0.0782. The maximum atomic E-state index is 12.4. The largest absolute Gasteiger partial charge is 0.394 e. The number of rotatable bonds is 44. The summed E-state index contributed by atoms with van der Waals surface area (Å²) >= 11 is 0. The summed E-state index contributed by atoms with van der Waals surface area (Å²) in [6.07, 6.45) is 63.8. The number of nitrogens with one attached hydrogen (secondary N) is 1. The van der Waals surface area contributed by atoms with E-state index in [4.69, 9.17) is 0 Å². The van der Waals surface area contributed by atoms with Crippen LogP contribution < -0.4 is 5.32 Å². The fourth-order valence-electron chi connectivity index (χ4n) is 7.26. The van der Waals surface area contributed by atoms with Gasteiger partial charge in [0.25, 0.3) is 0 Å². The molecule has 0 rings (SSSR count). The molecule has 1 amide bonds. The first-order valence-electron chi connectivity index (χ1n) is 24.4. The van der Waals surface area contributed by atoms with E-state index in [2.05, 4.69) is 55.6 Å². The van der Waals surface area contributed by atoms with Crippen molar-refractivity contribution in [1.82, 2.24) is 5.32 Å². The van der Waals surface area contributed by atoms with Gasteiger partial charge in [0.2, 0.25) is 5.91 Å². The second kappa shape index (κ2) is 46.7. The molecule has 2 atom stereocenters. The molecule has 0 aromatic carbocycles. The number of amides is 1. The molecule has 55 heavy (non-hydrogen) atoms. The molecule has 4 heteroatoms. The molecule has 0 aromatic heterocycles. The summed E-state index contributed by atoms with van der Waals surface area (Å²) in [5, 5.41) is 23.0. The van der Waals surface area contributed by atoms with Crippen molar-refractivity contribution in [3.05, 3.63) is 48.6 Å². The van der Waals surface area contributed by atoms with Crippen molar-refractivity contribution in [2.75, 3.05) is 6.61 Å². The van der Waals surface area contributed by atoms with Crippen LogP contribution in [0.3, 0.4) is 0 Å². The lowest BCUT2D eigenvalue weighted by atomic mass is 10.0. The third-order valence-corrected chi connectivity index (χ3v) is 11.0. The summed E-state index contributed by atoms with van der Waals surface area (Å²) in [7, 11) is 0. The van der Waals surface area contributed by atoms with E-state index in [1.807, 2.05) is 6.08 Å². The zero-order chi connectivity index (χ0) is 40.0. The Kier molecular flexibility index (Phi) is 45.3. The van der Waals surface area contributed by atoms with Crippen LogP contribution in [0.25, 0.3) is 0 Å². The van der Waals surface area contributed by atoms with E-state index in [0.29, 0.717) is 6.42 Å². The second-order valence-corrected chi connectivity index (χ2v) is 16.5. The van der Waals surface area contributed by atoms with Crippen LogP contribution in [0.15, 0.2) is 48.6 Å². The van der Waals surface area contributed by atoms with Crippen molar-refractivity contribution in [2.45, 2.75) is 264 Å². The monoisotopic (exact) mass is 770 g/mol. The van der Waals surface area contributed by atoms with E-state index >= 15 is 0 Å². The SMILES string of the molecule is CCCCCCCC/C=C/CC/C=C/CC/C=C/C(O)C(CO)NC(=O)CCCCCCCCCCCCC/C=C\CCCCCCCCCCCCCC. The number of aliphatic hydroxyl groups excluding tert-OH is 2. The first kappa shape index (κ1) is 53.4. The summed E-state index contributed by atoms with van der Waals surface area (Å²) in [6, 6.07) is -0.646. The minimum atomic E-state index is -0.870. The number of hydrogen-bond acceptors (Lipinski definition) is 3. The lowest BCUT2D eigenvalue weighted by molar-refractivity contribution is -0.123. The smallest absolute Gasteiger partial charge is 0.220 e. The highest BCUT2D eigenvalue weighted by Crippen LogP contribution is 2.15. The minimum absolute atomic E-state index is 0.0782. The average Bonchev–Trinajstić information content (AvgIpc) is 3.19. The Morgan fingerprint density at radius 1 is 0.418 bits per heavy atom. The lowest BCUT2D eigenvalue weighted by Gasteiger charge is -2.19. The average molecular weight is 770 g/mol. The molecule has 0 spiro atoms. The van der Waals surface area contributed by atoms with Crippen molar-refractivity contribution < 1.29 is 15.0 Å². The Bertz CT molecular complexity index is 877. The third kappa shape index (κ3) is 43.3. The number of carbonyl (C=O) groups excluding carboxylic acids is 1.